The van der Waals surface area contributed by atoms with Gasteiger partial charge in [0.2, 0.25) is 5.91 Å². The lowest BCUT2D eigenvalue weighted by Gasteiger charge is -2.20. The zero-order valence-electron chi connectivity index (χ0n) is 16.0. The highest BCUT2D eigenvalue weighted by molar-refractivity contribution is 6.30. The summed E-state index contributed by atoms with van der Waals surface area (Å²) in [5.41, 5.74) is 2.89. The fourth-order valence-corrected chi connectivity index (χ4v) is 2.98. The Morgan fingerprint density at radius 3 is 2.43 bits per heavy atom. The van der Waals surface area contributed by atoms with E-state index in [-0.39, 0.29) is 43.4 Å². The predicted molar refractivity (Wildman–Crippen MR) is 113 cm³/mol. The van der Waals surface area contributed by atoms with Crippen LogP contribution in [0, 0.1) is 5.41 Å². The van der Waals surface area contributed by atoms with E-state index in [9.17, 15) is 9.59 Å². The van der Waals surface area contributed by atoms with Crippen molar-refractivity contribution in [2.24, 2.45) is 5.41 Å². The predicted octanol–water partition coefficient (Wildman–Crippen LogP) is 3.42. The van der Waals surface area contributed by atoms with Crippen LogP contribution in [0.5, 0.6) is 0 Å². The molecule has 0 atom stereocenters. The molecule has 10 heteroatoms. The molecule has 0 fully saturated rings. The number of ether oxygens (including phenoxy) is 1. The lowest BCUT2D eigenvalue weighted by atomic mass is 9.95. The number of pyridine rings is 1. The fraction of sp³-hybridized carbons (Fsp3) is 0.500. The number of aromatic nitrogens is 1. The van der Waals surface area contributed by atoms with Crippen molar-refractivity contribution < 1.29 is 14.3 Å². The summed E-state index contributed by atoms with van der Waals surface area (Å²) in [5.74, 6) is -0.165. The Morgan fingerprint density at radius 1 is 1.25 bits per heavy atom. The van der Waals surface area contributed by atoms with E-state index in [2.05, 4.69) is 15.6 Å². The molecule has 2 aliphatic rings. The van der Waals surface area contributed by atoms with Gasteiger partial charge in [0.05, 0.1) is 10.7 Å². The van der Waals surface area contributed by atoms with Crippen molar-refractivity contribution in [1.82, 2.24) is 15.2 Å². The Bertz CT molecular complexity index is 762. The first-order valence-corrected chi connectivity index (χ1v) is 8.90. The molecule has 3 rings (SSSR count). The van der Waals surface area contributed by atoms with Gasteiger partial charge >= 0.3 is 6.09 Å². The molecule has 1 aromatic rings. The molecule has 0 unspecified atom stereocenters. The first-order valence-electron chi connectivity index (χ1n) is 8.52. The number of rotatable bonds is 3. The minimum Gasteiger partial charge on any atom is -0.443 e. The monoisotopic (exact) mass is 450 g/mol. The van der Waals surface area contributed by atoms with Crippen molar-refractivity contribution in [3.05, 3.63) is 34.1 Å². The van der Waals surface area contributed by atoms with Crippen molar-refractivity contribution >= 4 is 54.1 Å². The fourth-order valence-electron chi connectivity index (χ4n) is 2.82. The molecule has 7 nitrogen and oxygen atoms in total. The van der Waals surface area contributed by atoms with Gasteiger partial charge in [0.15, 0.2) is 0 Å². The molecule has 0 aromatic carbocycles. The van der Waals surface area contributed by atoms with E-state index in [0.717, 1.165) is 13.1 Å². The maximum Gasteiger partial charge on any atom is 0.410 e. The van der Waals surface area contributed by atoms with Crippen LogP contribution in [0.3, 0.4) is 0 Å². The second-order valence-corrected chi connectivity index (χ2v) is 8.01. The molecular formula is C18H25Cl3N4O3. The van der Waals surface area contributed by atoms with Crippen LogP contribution < -0.4 is 10.6 Å². The van der Waals surface area contributed by atoms with Crippen molar-refractivity contribution in [1.29, 1.82) is 0 Å². The Hall–Kier alpha value is -1.54. The smallest absolute Gasteiger partial charge is 0.410 e. The van der Waals surface area contributed by atoms with Crippen LogP contribution in [-0.2, 0) is 16.1 Å². The van der Waals surface area contributed by atoms with Crippen LogP contribution in [0.25, 0.3) is 0 Å². The summed E-state index contributed by atoms with van der Waals surface area (Å²) in [5, 5.41) is 6.48. The second kappa shape index (κ2) is 9.78. The van der Waals surface area contributed by atoms with E-state index in [1.165, 1.54) is 17.3 Å². The minimum atomic E-state index is -0.563. The zero-order chi connectivity index (χ0) is 18.9. The van der Waals surface area contributed by atoms with Crippen molar-refractivity contribution in [3.8, 4) is 0 Å². The maximum absolute atomic E-state index is 12.3. The van der Waals surface area contributed by atoms with Gasteiger partial charge in [-0.05, 0) is 17.2 Å². The van der Waals surface area contributed by atoms with Gasteiger partial charge < -0.3 is 20.3 Å². The summed E-state index contributed by atoms with van der Waals surface area (Å²) >= 11 is 5.99. The zero-order valence-corrected chi connectivity index (χ0v) is 18.4. The Balaban J connectivity index is 0.00000196. The highest BCUT2D eigenvalue weighted by atomic mass is 35.5. The summed E-state index contributed by atoms with van der Waals surface area (Å²) in [6.45, 7) is 8.28. The van der Waals surface area contributed by atoms with E-state index >= 15 is 0 Å². The molecular weight excluding hydrogens is 427 g/mol. The van der Waals surface area contributed by atoms with Crippen LogP contribution in [0.4, 0.5) is 10.5 Å². The first kappa shape index (κ1) is 24.5. The maximum atomic E-state index is 12.3. The van der Waals surface area contributed by atoms with E-state index < -0.39 is 5.41 Å². The molecule has 0 saturated heterocycles. The third-order valence-corrected chi connectivity index (χ3v) is 4.60. The Kier molecular flexibility index (Phi) is 8.56. The van der Waals surface area contributed by atoms with E-state index in [1.807, 2.05) is 20.8 Å². The number of amides is 2. The molecule has 0 aliphatic carbocycles. The van der Waals surface area contributed by atoms with Crippen molar-refractivity contribution in [3.63, 3.8) is 0 Å². The number of carbonyl (C=O) groups is 2. The van der Waals surface area contributed by atoms with E-state index in [4.69, 9.17) is 16.3 Å². The van der Waals surface area contributed by atoms with Crippen LogP contribution in [0.2, 0.25) is 5.02 Å². The van der Waals surface area contributed by atoms with Gasteiger partial charge in [-0.15, -0.1) is 24.8 Å². The van der Waals surface area contributed by atoms with Gasteiger partial charge in [-0.2, -0.15) is 0 Å². The Labute approximate surface area is 182 Å². The average Bonchev–Trinajstić information content (AvgIpc) is 3.14. The molecule has 0 bridgehead atoms. The van der Waals surface area contributed by atoms with Gasteiger partial charge in [-0.25, -0.2) is 4.79 Å². The SMILES string of the molecule is CC(C)(C)C(=O)Nc1cc(Cl)cnc1COC(=O)N1CC2=C(CNC2)C1.Cl.Cl. The number of hydrogen-bond acceptors (Lipinski definition) is 5. The molecule has 2 aliphatic heterocycles. The van der Waals surface area contributed by atoms with Gasteiger partial charge in [-0.1, -0.05) is 32.4 Å². The third-order valence-electron chi connectivity index (χ3n) is 4.40. The van der Waals surface area contributed by atoms with Gasteiger partial charge in [-0.3, -0.25) is 9.78 Å². The minimum absolute atomic E-state index is 0. The number of halogens is 3. The molecule has 0 spiro atoms. The number of anilines is 1. The lowest BCUT2D eigenvalue weighted by molar-refractivity contribution is -0.123. The molecule has 3 heterocycles. The van der Waals surface area contributed by atoms with Crippen molar-refractivity contribution in [2.45, 2.75) is 27.4 Å². The molecule has 1 aromatic heterocycles. The topological polar surface area (TPSA) is 83.6 Å². The molecule has 2 amide bonds. The molecule has 0 saturated carbocycles. The summed E-state index contributed by atoms with van der Waals surface area (Å²) < 4.78 is 5.41. The van der Waals surface area contributed by atoms with Gasteiger partial charge in [0.1, 0.15) is 12.3 Å². The molecule has 28 heavy (non-hydrogen) atoms. The van der Waals surface area contributed by atoms with Crippen molar-refractivity contribution in [2.75, 3.05) is 31.5 Å². The number of nitrogens with one attached hydrogen (secondary N) is 2. The molecule has 2 N–H and O–H groups in total. The summed E-state index contributed by atoms with van der Waals surface area (Å²) in [6, 6.07) is 1.61. The second-order valence-electron chi connectivity index (χ2n) is 7.57. The van der Waals surface area contributed by atoms with Gasteiger partial charge in [0, 0.05) is 37.8 Å². The quantitative estimate of drug-likeness (QED) is 0.688. The average molecular weight is 452 g/mol. The van der Waals surface area contributed by atoms with Crippen LogP contribution in [0.1, 0.15) is 26.5 Å². The molecule has 0 radical (unpaired) electrons. The summed E-state index contributed by atoms with van der Waals surface area (Å²) in [6.07, 6.45) is 1.08. The summed E-state index contributed by atoms with van der Waals surface area (Å²) in [4.78, 5) is 30.5. The normalized spacial score (nSPS) is 15.5. The number of hydrogen-bond donors (Lipinski definition) is 2. The van der Waals surface area contributed by atoms with E-state index in [0.29, 0.717) is 29.5 Å². The molecule has 156 valence electrons. The highest BCUT2D eigenvalue weighted by Gasteiger charge is 2.29. The van der Waals surface area contributed by atoms with Crippen LogP contribution in [-0.4, -0.2) is 48.1 Å². The summed E-state index contributed by atoms with van der Waals surface area (Å²) in [7, 11) is 0. The lowest BCUT2D eigenvalue weighted by Crippen LogP contribution is -2.33. The number of carbonyl (C=O) groups excluding carboxylic acids is 2. The van der Waals surface area contributed by atoms with Gasteiger partial charge in [0.25, 0.3) is 0 Å². The standard InChI is InChI=1S/C18H23ClN4O3.2ClH/c1-18(2,3)16(24)22-14-4-13(19)7-21-15(14)10-26-17(25)23-8-11-5-20-6-12(11)9-23;;/h4,7,20H,5-6,8-10H2,1-3H3,(H,22,24);2*1H. The van der Waals surface area contributed by atoms with Crippen LogP contribution in [0.15, 0.2) is 23.4 Å². The third kappa shape index (κ3) is 5.73. The first-order chi connectivity index (χ1) is 12.2. The number of nitrogens with zero attached hydrogens (tertiary/aromatic N) is 2. The van der Waals surface area contributed by atoms with E-state index in [1.54, 1.807) is 11.0 Å². The highest BCUT2D eigenvalue weighted by Crippen LogP contribution is 2.24. The Morgan fingerprint density at radius 2 is 1.86 bits per heavy atom. The van der Waals surface area contributed by atoms with Crippen LogP contribution >= 0.6 is 36.4 Å². The largest absolute Gasteiger partial charge is 0.443 e.